The molecule has 1 saturated heterocycles. The lowest BCUT2D eigenvalue weighted by atomic mass is 10.1. The minimum atomic E-state index is -0.681. The number of amides is 1. The normalized spacial score (nSPS) is 18.8. The second-order valence-corrected chi connectivity index (χ2v) is 5.89. The summed E-state index contributed by atoms with van der Waals surface area (Å²) in [4.78, 5) is 18.2. The van der Waals surface area contributed by atoms with E-state index in [1.165, 1.54) is 0 Å². The largest absolute Gasteiger partial charge is 0.447 e. The van der Waals surface area contributed by atoms with Crippen LogP contribution in [0.15, 0.2) is 42.5 Å². The summed E-state index contributed by atoms with van der Waals surface area (Å²) in [6.07, 6.45) is -0.368. The maximum atomic E-state index is 12.2. The highest BCUT2D eigenvalue weighted by Gasteiger charge is 2.35. The van der Waals surface area contributed by atoms with Crippen LogP contribution in [0.3, 0.4) is 0 Å². The Bertz CT molecular complexity index is 701. The van der Waals surface area contributed by atoms with Crippen LogP contribution >= 0.6 is 0 Å². The topological polar surface area (TPSA) is 62.7 Å². The van der Waals surface area contributed by atoms with Crippen molar-refractivity contribution in [2.45, 2.75) is 32.4 Å². The molecule has 5 heteroatoms. The fourth-order valence-corrected chi connectivity index (χ4v) is 2.79. The standard InChI is InChI=1S/C18H20N2O3/c1-12-8-16(13(2)21)19-17(9-12)20-15(11-23-18(20)22)10-14-6-4-3-5-7-14/h3-9,13,15,21H,10-11H2,1-2H3/t13?,15-/m0/s1. The van der Waals surface area contributed by atoms with Crippen LogP contribution in [0.25, 0.3) is 0 Å². The first-order valence-electron chi connectivity index (χ1n) is 7.71. The molecule has 0 spiro atoms. The Labute approximate surface area is 135 Å². The third-order valence-electron chi connectivity index (χ3n) is 3.93. The quantitative estimate of drug-likeness (QED) is 0.942. The van der Waals surface area contributed by atoms with E-state index in [4.69, 9.17) is 4.74 Å². The molecule has 1 amide bonds. The lowest BCUT2D eigenvalue weighted by Gasteiger charge is -2.22. The molecule has 1 fully saturated rings. The molecule has 3 rings (SSSR count). The number of anilines is 1. The zero-order valence-corrected chi connectivity index (χ0v) is 13.3. The second kappa shape index (κ2) is 6.38. The molecular weight excluding hydrogens is 292 g/mol. The fraction of sp³-hybridized carbons (Fsp3) is 0.333. The Morgan fingerprint density at radius 2 is 2.09 bits per heavy atom. The van der Waals surface area contributed by atoms with Crippen molar-refractivity contribution in [3.05, 3.63) is 59.3 Å². The molecule has 1 N–H and O–H groups in total. The van der Waals surface area contributed by atoms with Crippen molar-refractivity contribution in [3.8, 4) is 0 Å². The van der Waals surface area contributed by atoms with Gasteiger partial charge in [0.2, 0.25) is 0 Å². The van der Waals surface area contributed by atoms with Gasteiger partial charge in [0, 0.05) is 0 Å². The van der Waals surface area contributed by atoms with Gasteiger partial charge in [-0.25, -0.2) is 9.78 Å². The highest BCUT2D eigenvalue weighted by Crippen LogP contribution is 2.26. The number of aryl methyl sites for hydroxylation is 1. The Morgan fingerprint density at radius 3 is 2.78 bits per heavy atom. The molecule has 0 radical (unpaired) electrons. The summed E-state index contributed by atoms with van der Waals surface area (Å²) < 4.78 is 5.23. The first-order valence-corrected chi connectivity index (χ1v) is 7.71. The molecule has 0 bridgehead atoms. The summed E-state index contributed by atoms with van der Waals surface area (Å²) in [5.74, 6) is 0.532. The molecule has 2 atom stereocenters. The van der Waals surface area contributed by atoms with E-state index in [-0.39, 0.29) is 12.1 Å². The van der Waals surface area contributed by atoms with Gasteiger partial charge in [-0.15, -0.1) is 0 Å². The van der Waals surface area contributed by atoms with E-state index < -0.39 is 6.10 Å². The van der Waals surface area contributed by atoms with Gasteiger partial charge in [0.1, 0.15) is 12.4 Å². The summed E-state index contributed by atoms with van der Waals surface area (Å²) >= 11 is 0. The molecule has 0 aliphatic carbocycles. The molecule has 23 heavy (non-hydrogen) atoms. The molecule has 1 aliphatic heterocycles. The number of ether oxygens (including phenoxy) is 1. The summed E-state index contributed by atoms with van der Waals surface area (Å²) in [6.45, 7) is 3.92. The fourth-order valence-electron chi connectivity index (χ4n) is 2.79. The van der Waals surface area contributed by atoms with E-state index in [1.54, 1.807) is 11.8 Å². The predicted molar refractivity (Wildman–Crippen MR) is 87.4 cm³/mol. The van der Waals surface area contributed by atoms with Crippen LogP contribution in [0, 0.1) is 6.92 Å². The minimum absolute atomic E-state index is 0.0963. The number of pyridine rings is 1. The number of benzene rings is 1. The van der Waals surface area contributed by atoms with Gasteiger partial charge >= 0.3 is 6.09 Å². The molecule has 1 aliphatic rings. The number of hydrogen-bond donors (Lipinski definition) is 1. The molecule has 5 nitrogen and oxygen atoms in total. The molecule has 0 saturated carbocycles. The maximum absolute atomic E-state index is 12.2. The Hall–Kier alpha value is -2.40. The van der Waals surface area contributed by atoms with Crippen LogP contribution in [-0.4, -0.2) is 28.8 Å². The zero-order valence-electron chi connectivity index (χ0n) is 13.3. The Morgan fingerprint density at radius 1 is 1.35 bits per heavy atom. The summed E-state index contributed by atoms with van der Waals surface area (Å²) in [7, 11) is 0. The maximum Gasteiger partial charge on any atom is 0.415 e. The predicted octanol–water partition coefficient (Wildman–Crippen LogP) is 3.01. The van der Waals surface area contributed by atoms with Crippen LogP contribution in [0.4, 0.5) is 10.6 Å². The van der Waals surface area contributed by atoms with Gasteiger partial charge in [-0.2, -0.15) is 0 Å². The third-order valence-corrected chi connectivity index (χ3v) is 3.93. The van der Waals surface area contributed by atoms with E-state index in [2.05, 4.69) is 4.98 Å². The van der Waals surface area contributed by atoms with Crippen LogP contribution in [-0.2, 0) is 11.2 Å². The summed E-state index contributed by atoms with van der Waals surface area (Å²) in [5.41, 5.74) is 2.64. The van der Waals surface area contributed by atoms with Crippen LogP contribution in [0.1, 0.15) is 29.8 Å². The Balaban J connectivity index is 1.91. The van der Waals surface area contributed by atoms with Crippen LogP contribution < -0.4 is 4.90 Å². The number of cyclic esters (lactones) is 1. The van der Waals surface area contributed by atoms with Gasteiger partial charge in [-0.3, -0.25) is 4.90 Å². The monoisotopic (exact) mass is 312 g/mol. The molecule has 2 heterocycles. The van der Waals surface area contributed by atoms with Crippen molar-refractivity contribution in [1.29, 1.82) is 0 Å². The van der Waals surface area contributed by atoms with Gasteiger partial charge in [-0.05, 0) is 43.5 Å². The van der Waals surface area contributed by atoms with Crippen molar-refractivity contribution < 1.29 is 14.6 Å². The highest BCUT2D eigenvalue weighted by molar-refractivity contribution is 5.89. The van der Waals surface area contributed by atoms with Gasteiger partial charge < -0.3 is 9.84 Å². The second-order valence-electron chi connectivity index (χ2n) is 5.89. The number of aliphatic hydroxyl groups is 1. The molecular formula is C18H20N2O3. The number of nitrogens with zero attached hydrogens (tertiary/aromatic N) is 2. The first-order chi connectivity index (χ1) is 11.0. The van der Waals surface area contributed by atoms with Gasteiger partial charge in [0.05, 0.1) is 17.8 Å². The minimum Gasteiger partial charge on any atom is -0.447 e. The SMILES string of the molecule is Cc1cc(C(C)O)nc(N2C(=O)OC[C@@H]2Cc2ccccc2)c1. The number of aromatic nitrogens is 1. The summed E-state index contributed by atoms with van der Waals surface area (Å²) in [6, 6.07) is 13.6. The highest BCUT2D eigenvalue weighted by atomic mass is 16.6. The van der Waals surface area contributed by atoms with E-state index in [9.17, 15) is 9.90 Å². The van der Waals surface area contributed by atoms with Crippen molar-refractivity contribution in [2.75, 3.05) is 11.5 Å². The van der Waals surface area contributed by atoms with Crippen molar-refractivity contribution in [3.63, 3.8) is 0 Å². The van der Waals surface area contributed by atoms with Crippen molar-refractivity contribution in [1.82, 2.24) is 4.98 Å². The summed E-state index contributed by atoms with van der Waals surface area (Å²) in [5, 5.41) is 9.79. The van der Waals surface area contributed by atoms with Crippen LogP contribution in [0.2, 0.25) is 0 Å². The van der Waals surface area contributed by atoms with E-state index >= 15 is 0 Å². The van der Waals surface area contributed by atoms with Gasteiger partial charge in [-0.1, -0.05) is 30.3 Å². The molecule has 1 aromatic carbocycles. The lowest BCUT2D eigenvalue weighted by molar-refractivity contribution is 0.178. The number of hydrogen-bond acceptors (Lipinski definition) is 4. The van der Waals surface area contributed by atoms with Crippen molar-refractivity contribution >= 4 is 11.9 Å². The zero-order chi connectivity index (χ0) is 16.4. The first kappa shape index (κ1) is 15.5. The van der Waals surface area contributed by atoms with E-state index in [0.717, 1.165) is 11.1 Å². The number of aliphatic hydroxyl groups excluding tert-OH is 1. The van der Waals surface area contributed by atoms with Crippen LogP contribution in [0.5, 0.6) is 0 Å². The number of carbonyl (C=O) groups excluding carboxylic acids is 1. The van der Waals surface area contributed by atoms with E-state index in [1.807, 2.05) is 49.4 Å². The third kappa shape index (κ3) is 3.35. The Kier molecular flexibility index (Phi) is 4.30. The lowest BCUT2D eigenvalue weighted by Crippen LogP contribution is -2.36. The average molecular weight is 312 g/mol. The van der Waals surface area contributed by atoms with Gasteiger partial charge in [0.25, 0.3) is 0 Å². The molecule has 1 aromatic heterocycles. The number of rotatable bonds is 4. The molecule has 1 unspecified atom stereocenters. The van der Waals surface area contributed by atoms with E-state index in [0.29, 0.717) is 24.5 Å². The number of carbonyl (C=O) groups is 1. The molecule has 2 aromatic rings. The van der Waals surface area contributed by atoms with Crippen molar-refractivity contribution in [2.24, 2.45) is 0 Å². The van der Waals surface area contributed by atoms with Gasteiger partial charge in [0.15, 0.2) is 0 Å². The molecule has 120 valence electrons. The smallest absolute Gasteiger partial charge is 0.415 e. The average Bonchev–Trinajstić information content (AvgIpc) is 2.88.